The Morgan fingerprint density at radius 1 is 0.944 bits per heavy atom. The first-order valence-corrected chi connectivity index (χ1v) is 13.1. The van der Waals surface area contributed by atoms with Crippen LogP contribution >= 0.6 is 15.6 Å². The molecule has 17 heteroatoms. The smallest absolute Gasteiger partial charge is 0.267 e. The zero-order valence-electron chi connectivity index (χ0n) is 19.9. The van der Waals surface area contributed by atoms with Crippen molar-refractivity contribution in [3.63, 3.8) is 0 Å². The molecule has 2 atom stereocenters. The van der Waals surface area contributed by atoms with Gasteiger partial charge in [-0.2, -0.15) is 0 Å². The van der Waals surface area contributed by atoms with Crippen molar-refractivity contribution in [3.05, 3.63) is 46.3 Å². The van der Waals surface area contributed by atoms with Crippen LogP contribution in [-0.4, -0.2) is 58.9 Å². The van der Waals surface area contributed by atoms with E-state index in [2.05, 4.69) is 38.8 Å². The van der Waals surface area contributed by atoms with E-state index in [1.807, 2.05) is 44.2 Å². The molecular weight excluding hydrogens is 520 g/mol. The molecule has 0 aromatic heterocycles. The molecule has 0 radical (unpaired) electrons. The molecule has 15 nitrogen and oxygen atoms in total. The first-order chi connectivity index (χ1) is 16.5. The fraction of sp³-hybridized carbons (Fsp3) is 0.579. The molecule has 2 unspecified atom stereocenters. The number of phosphoric acid groups is 2. The Bertz CT molecular complexity index is 869. The lowest BCUT2D eigenvalue weighted by Crippen LogP contribution is -2.29. The molecular formula is C19H35N5O10P2-2. The second-order valence-electron chi connectivity index (χ2n) is 5.68. The fourth-order valence-corrected chi connectivity index (χ4v) is 2.64. The number of amides is 2. The van der Waals surface area contributed by atoms with Gasteiger partial charge in [-0.1, -0.05) is 56.7 Å². The van der Waals surface area contributed by atoms with Gasteiger partial charge in [-0.05, 0) is 11.1 Å². The Kier molecular flexibility index (Phi) is 24.5. The Morgan fingerprint density at radius 2 is 1.39 bits per heavy atom. The van der Waals surface area contributed by atoms with Crippen molar-refractivity contribution in [2.45, 2.75) is 27.7 Å². The molecule has 2 N–H and O–H groups in total. The summed E-state index contributed by atoms with van der Waals surface area (Å²) < 4.78 is 38.3. The minimum atomic E-state index is -4.24. The molecule has 0 fully saturated rings. The van der Waals surface area contributed by atoms with Crippen LogP contribution < -0.4 is 20.4 Å². The van der Waals surface area contributed by atoms with Gasteiger partial charge in [0.25, 0.3) is 15.6 Å². The average molecular weight is 555 g/mol. The summed E-state index contributed by atoms with van der Waals surface area (Å²) in [5.74, 6) is -0.711. The molecule has 0 spiro atoms. The van der Waals surface area contributed by atoms with Crippen LogP contribution in [0.25, 0.3) is 10.4 Å². The molecule has 0 aliphatic heterocycles. The number of nitrogens with one attached hydrogen (secondary N) is 2. The molecule has 1 aromatic rings. The maximum Gasteiger partial charge on any atom is 0.267 e. The average Bonchev–Trinajstić information content (AvgIpc) is 2.85. The highest BCUT2D eigenvalue weighted by atomic mass is 31.2. The highest BCUT2D eigenvalue weighted by Gasteiger charge is 2.07. The highest BCUT2D eigenvalue weighted by molar-refractivity contribution is 7.46. The summed E-state index contributed by atoms with van der Waals surface area (Å²) in [4.78, 5) is 46.0. The van der Waals surface area contributed by atoms with Crippen LogP contribution in [0, 0.1) is 0 Å². The maximum absolute atomic E-state index is 11.5. The highest BCUT2D eigenvalue weighted by Crippen LogP contribution is 2.36. The number of rotatable bonds is 14. The first-order valence-electron chi connectivity index (χ1n) is 10.2. The van der Waals surface area contributed by atoms with E-state index in [1.165, 1.54) is 0 Å². The summed E-state index contributed by atoms with van der Waals surface area (Å²) in [6, 6.07) is 9.24. The van der Waals surface area contributed by atoms with Gasteiger partial charge in [-0.3, -0.25) is 18.7 Å². The number of nitrogens with zero attached hydrogens (tertiary/aromatic N) is 3. The summed E-state index contributed by atoms with van der Waals surface area (Å²) >= 11 is 0. The second-order valence-corrected chi connectivity index (χ2v) is 8.71. The number of azide groups is 1. The number of hydrogen-bond donors (Lipinski definition) is 2. The molecule has 36 heavy (non-hydrogen) atoms. The van der Waals surface area contributed by atoms with Gasteiger partial charge in [-0.15, -0.1) is 0 Å². The minimum Gasteiger partial charge on any atom is -0.756 e. The van der Waals surface area contributed by atoms with Crippen LogP contribution in [0.5, 0.6) is 0 Å². The lowest BCUT2D eigenvalue weighted by atomic mass is 10.1. The lowest BCUT2D eigenvalue weighted by Gasteiger charge is -2.20. The third-order valence-corrected chi connectivity index (χ3v) is 5.17. The lowest BCUT2D eigenvalue weighted by molar-refractivity contribution is -0.224. The largest absolute Gasteiger partial charge is 0.756 e. The van der Waals surface area contributed by atoms with Crippen molar-refractivity contribution in [1.29, 1.82) is 0 Å². The molecule has 0 heterocycles. The molecule has 0 saturated heterocycles. The van der Waals surface area contributed by atoms with Crippen molar-refractivity contribution in [1.82, 2.24) is 10.6 Å². The van der Waals surface area contributed by atoms with E-state index in [4.69, 9.17) is 5.53 Å². The van der Waals surface area contributed by atoms with Gasteiger partial charge in [0, 0.05) is 32.2 Å². The Balaban J connectivity index is -0.000000560. The summed E-state index contributed by atoms with van der Waals surface area (Å²) in [5, 5.41) is 7.82. The standard InChI is InChI=1S/C11H16NO5P.C5H11N4O5P.C2H6.CH4/c1-16-18(14,15)17-8-7-12-11(13)9-10-5-3-2-4-6-10;1-13-15(11,12)14-3-2-7-5(10)4-8-9-6;1-2;/h2-6H,7-9H2,1H3,(H,12,13)(H,14,15);2-4H2,1H3,(H,7,10)(H,11,12);1-2H3;1H4/p-2. The molecule has 0 bridgehead atoms. The van der Waals surface area contributed by atoms with Crippen LogP contribution in [0.4, 0.5) is 0 Å². The van der Waals surface area contributed by atoms with Gasteiger partial charge in [-0.25, -0.2) is 0 Å². The molecule has 1 aromatic carbocycles. The third kappa shape index (κ3) is 23.4. The predicted molar refractivity (Wildman–Crippen MR) is 129 cm³/mol. The molecule has 0 saturated carbocycles. The topological polar surface area (TPSA) is 224 Å². The van der Waals surface area contributed by atoms with Crippen molar-refractivity contribution >= 4 is 27.5 Å². The van der Waals surface area contributed by atoms with Crippen molar-refractivity contribution < 1.29 is 46.6 Å². The number of carbonyl (C=O) groups is 2. The van der Waals surface area contributed by atoms with Gasteiger partial charge < -0.3 is 38.5 Å². The first kappa shape index (κ1) is 38.2. The fourth-order valence-electron chi connectivity index (χ4n) is 1.80. The molecule has 1 rings (SSSR count). The van der Waals surface area contributed by atoms with E-state index < -0.39 is 21.6 Å². The van der Waals surface area contributed by atoms with E-state index in [0.29, 0.717) is 0 Å². The van der Waals surface area contributed by atoms with E-state index in [9.17, 15) is 28.5 Å². The third-order valence-electron chi connectivity index (χ3n) is 3.28. The molecule has 0 aliphatic rings. The number of phosphoric ester groups is 2. The van der Waals surface area contributed by atoms with Crippen LogP contribution in [0.3, 0.4) is 0 Å². The Hall–Kier alpha value is -2.31. The van der Waals surface area contributed by atoms with Gasteiger partial charge in [0.05, 0.1) is 19.6 Å². The normalized spacial score (nSPS) is 12.8. The summed E-state index contributed by atoms with van der Waals surface area (Å²) in [5.41, 5.74) is 8.78. The monoisotopic (exact) mass is 555 g/mol. The Morgan fingerprint density at radius 3 is 1.81 bits per heavy atom. The maximum atomic E-state index is 11.5. The summed E-state index contributed by atoms with van der Waals surface area (Å²) in [7, 11) is -6.46. The van der Waals surface area contributed by atoms with E-state index in [1.54, 1.807) is 0 Å². The van der Waals surface area contributed by atoms with Gasteiger partial charge in [0.2, 0.25) is 11.8 Å². The van der Waals surface area contributed by atoms with Gasteiger partial charge >= 0.3 is 0 Å². The van der Waals surface area contributed by atoms with E-state index in [-0.39, 0.29) is 52.6 Å². The molecule has 2 amide bonds. The van der Waals surface area contributed by atoms with Crippen LogP contribution in [-0.2, 0) is 43.2 Å². The van der Waals surface area contributed by atoms with Gasteiger partial charge in [0.15, 0.2) is 0 Å². The summed E-state index contributed by atoms with van der Waals surface area (Å²) in [6.45, 7) is 3.37. The van der Waals surface area contributed by atoms with Crippen molar-refractivity contribution in [2.24, 2.45) is 5.11 Å². The molecule has 208 valence electrons. The quantitative estimate of drug-likeness (QED) is 0.111. The van der Waals surface area contributed by atoms with Crippen LogP contribution in [0.1, 0.15) is 26.8 Å². The van der Waals surface area contributed by atoms with Crippen LogP contribution in [0.2, 0.25) is 0 Å². The van der Waals surface area contributed by atoms with Crippen LogP contribution in [0.15, 0.2) is 35.4 Å². The van der Waals surface area contributed by atoms with E-state index >= 15 is 0 Å². The zero-order valence-corrected chi connectivity index (χ0v) is 21.7. The summed E-state index contributed by atoms with van der Waals surface area (Å²) in [6.07, 6.45) is 0.250. The Labute approximate surface area is 211 Å². The SMILES string of the molecule is C.CC.COP(=O)([O-])OCCNC(=O)CN=[N+]=[N-].COP(=O)([O-])OCCNC(=O)Cc1ccccc1. The number of hydrogen-bond acceptors (Lipinski definition) is 11. The predicted octanol–water partition coefficient (Wildman–Crippen LogP) is 1.68. The molecule has 0 aliphatic carbocycles. The van der Waals surface area contributed by atoms with Gasteiger partial charge in [0.1, 0.15) is 6.54 Å². The second kappa shape index (κ2) is 23.1. The zero-order chi connectivity index (χ0) is 27.2. The van der Waals surface area contributed by atoms with Crippen molar-refractivity contribution in [3.8, 4) is 0 Å². The number of carbonyl (C=O) groups excluding carboxylic acids is 2. The minimum absolute atomic E-state index is 0. The number of benzene rings is 1. The van der Waals surface area contributed by atoms with E-state index in [0.717, 1.165) is 19.8 Å². The van der Waals surface area contributed by atoms with Crippen molar-refractivity contribution in [2.75, 3.05) is 47.1 Å².